The van der Waals surface area contributed by atoms with Crippen LogP contribution in [0.2, 0.25) is 0 Å². The third-order valence-electron chi connectivity index (χ3n) is 3.35. The van der Waals surface area contributed by atoms with Gasteiger partial charge in [0.2, 0.25) is 0 Å². The molecule has 3 nitrogen and oxygen atoms in total. The Morgan fingerprint density at radius 3 is 3.06 bits per heavy atom. The van der Waals surface area contributed by atoms with E-state index in [0.717, 1.165) is 19.6 Å². The van der Waals surface area contributed by atoms with Crippen LogP contribution in [0, 0.1) is 6.92 Å². The maximum atomic E-state index is 4.26. The summed E-state index contributed by atoms with van der Waals surface area (Å²) in [4.78, 5) is 5.62. The number of piperidine rings is 1. The first-order chi connectivity index (χ1) is 7.70. The zero-order valence-corrected chi connectivity index (χ0v) is 11.0. The highest BCUT2D eigenvalue weighted by Crippen LogP contribution is 2.18. The number of thiazole rings is 1. The highest BCUT2D eigenvalue weighted by atomic mass is 32.1. The van der Waals surface area contributed by atoms with Crippen molar-refractivity contribution >= 4 is 11.3 Å². The van der Waals surface area contributed by atoms with Gasteiger partial charge in [-0.3, -0.25) is 0 Å². The fourth-order valence-electron chi connectivity index (χ4n) is 2.22. The molecular formula is C12H21N3S. The summed E-state index contributed by atoms with van der Waals surface area (Å²) in [5, 5.41) is 7.16. The fourth-order valence-corrected chi connectivity index (χ4v) is 2.96. The minimum atomic E-state index is 0.289. The average Bonchev–Trinajstić information content (AvgIpc) is 2.65. The van der Waals surface area contributed by atoms with Crippen molar-refractivity contribution < 1.29 is 0 Å². The van der Waals surface area contributed by atoms with Crippen LogP contribution in [0.3, 0.4) is 0 Å². The molecule has 1 aliphatic rings. The van der Waals surface area contributed by atoms with Crippen LogP contribution in [-0.2, 0) is 6.54 Å². The Hall–Kier alpha value is -0.450. The number of nitrogens with zero attached hydrogens (tertiary/aromatic N) is 1. The second kappa shape index (κ2) is 5.25. The quantitative estimate of drug-likeness (QED) is 0.844. The molecule has 1 aliphatic heterocycles. The zero-order valence-electron chi connectivity index (χ0n) is 10.2. The van der Waals surface area contributed by atoms with Gasteiger partial charge in [-0.2, -0.15) is 0 Å². The number of rotatable bonds is 4. The molecule has 0 amide bonds. The van der Waals surface area contributed by atoms with Crippen molar-refractivity contribution in [1.82, 2.24) is 15.6 Å². The van der Waals surface area contributed by atoms with E-state index in [1.807, 2.05) is 5.51 Å². The maximum Gasteiger partial charge on any atom is 0.0798 e. The van der Waals surface area contributed by atoms with E-state index in [9.17, 15) is 0 Å². The highest BCUT2D eigenvalue weighted by Gasteiger charge is 2.25. The van der Waals surface area contributed by atoms with Gasteiger partial charge in [-0.15, -0.1) is 11.3 Å². The third kappa shape index (κ3) is 3.03. The lowest BCUT2D eigenvalue weighted by Gasteiger charge is -2.35. The molecule has 0 spiro atoms. The molecule has 0 radical (unpaired) electrons. The fraction of sp³-hybridized carbons (Fsp3) is 0.750. The average molecular weight is 239 g/mol. The number of nitrogens with one attached hydrogen (secondary N) is 2. The summed E-state index contributed by atoms with van der Waals surface area (Å²) in [6, 6.07) is 0. The predicted octanol–water partition coefficient (Wildman–Crippen LogP) is 2.07. The summed E-state index contributed by atoms with van der Waals surface area (Å²) in [6.45, 7) is 7.56. The van der Waals surface area contributed by atoms with E-state index in [4.69, 9.17) is 0 Å². The Morgan fingerprint density at radius 1 is 1.56 bits per heavy atom. The van der Waals surface area contributed by atoms with Crippen LogP contribution in [0.25, 0.3) is 0 Å². The van der Waals surface area contributed by atoms with Crippen LogP contribution in [0.15, 0.2) is 5.51 Å². The molecule has 2 heterocycles. The second-order valence-corrected chi connectivity index (χ2v) is 5.85. The van der Waals surface area contributed by atoms with Crippen molar-refractivity contribution in [1.29, 1.82) is 0 Å². The molecule has 1 unspecified atom stereocenters. The third-order valence-corrected chi connectivity index (χ3v) is 4.29. The van der Waals surface area contributed by atoms with Crippen LogP contribution in [-0.4, -0.2) is 23.6 Å². The van der Waals surface area contributed by atoms with E-state index in [0.29, 0.717) is 0 Å². The first-order valence-corrected chi connectivity index (χ1v) is 6.92. The molecule has 0 aromatic carbocycles. The Kier molecular flexibility index (Phi) is 3.95. The van der Waals surface area contributed by atoms with Gasteiger partial charge < -0.3 is 10.6 Å². The van der Waals surface area contributed by atoms with E-state index in [1.165, 1.54) is 29.8 Å². The Balaban J connectivity index is 1.77. The lowest BCUT2D eigenvalue weighted by molar-refractivity contribution is 0.267. The number of aromatic nitrogens is 1. The minimum absolute atomic E-state index is 0.289. The smallest absolute Gasteiger partial charge is 0.0798 e. The standard InChI is InChI=1S/C12H21N3S/c1-10-11(16-9-14-10)7-13-8-12(2)5-3-4-6-15-12/h9,13,15H,3-8H2,1-2H3. The molecule has 90 valence electrons. The lowest BCUT2D eigenvalue weighted by Crippen LogP contribution is -2.52. The van der Waals surface area contributed by atoms with Crippen LogP contribution in [0.1, 0.15) is 36.8 Å². The molecule has 1 atom stereocenters. The number of hydrogen-bond acceptors (Lipinski definition) is 4. The van der Waals surface area contributed by atoms with Crippen LogP contribution in [0.4, 0.5) is 0 Å². The summed E-state index contributed by atoms with van der Waals surface area (Å²) in [6.07, 6.45) is 3.95. The summed E-state index contributed by atoms with van der Waals surface area (Å²) in [5.41, 5.74) is 3.38. The summed E-state index contributed by atoms with van der Waals surface area (Å²) in [5.74, 6) is 0. The molecule has 2 rings (SSSR count). The van der Waals surface area contributed by atoms with Gasteiger partial charge in [0.1, 0.15) is 0 Å². The maximum absolute atomic E-state index is 4.26. The van der Waals surface area contributed by atoms with Crippen molar-refractivity contribution in [2.45, 2.75) is 45.2 Å². The Morgan fingerprint density at radius 2 is 2.44 bits per heavy atom. The van der Waals surface area contributed by atoms with E-state index in [1.54, 1.807) is 11.3 Å². The Labute approximate surface area is 102 Å². The predicted molar refractivity (Wildman–Crippen MR) is 68.8 cm³/mol. The van der Waals surface area contributed by atoms with Gasteiger partial charge in [0.05, 0.1) is 11.2 Å². The monoisotopic (exact) mass is 239 g/mol. The molecule has 16 heavy (non-hydrogen) atoms. The first-order valence-electron chi connectivity index (χ1n) is 6.04. The van der Waals surface area contributed by atoms with Gasteiger partial charge in [0.15, 0.2) is 0 Å². The molecule has 1 saturated heterocycles. The van der Waals surface area contributed by atoms with Crippen molar-refractivity contribution in [3.05, 3.63) is 16.1 Å². The van der Waals surface area contributed by atoms with E-state index in [2.05, 4.69) is 29.5 Å². The van der Waals surface area contributed by atoms with E-state index >= 15 is 0 Å². The first kappa shape index (κ1) is 12.0. The summed E-state index contributed by atoms with van der Waals surface area (Å²) >= 11 is 1.74. The molecule has 1 fully saturated rings. The molecular weight excluding hydrogens is 218 g/mol. The largest absolute Gasteiger partial charge is 0.310 e. The van der Waals surface area contributed by atoms with Crippen LogP contribution in [0.5, 0.6) is 0 Å². The highest BCUT2D eigenvalue weighted by molar-refractivity contribution is 7.09. The number of aryl methyl sites for hydroxylation is 1. The molecule has 4 heteroatoms. The molecule has 0 saturated carbocycles. The molecule has 0 bridgehead atoms. The number of hydrogen-bond donors (Lipinski definition) is 2. The van der Waals surface area contributed by atoms with Crippen molar-refractivity contribution in [2.75, 3.05) is 13.1 Å². The van der Waals surface area contributed by atoms with Gasteiger partial charge in [-0.05, 0) is 33.2 Å². The normalized spacial score (nSPS) is 25.9. The van der Waals surface area contributed by atoms with Crippen molar-refractivity contribution in [3.63, 3.8) is 0 Å². The van der Waals surface area contributed by atoms with Crippen LogP contribution < -0.4 is 10.6 Å². The van der Waals surface area contributed by atoms with Crippen molar-refractivity contribution in [2.24, 2.45) is 0 Å². The van der Waals surface area contributed by atoms with Crippen molar-refractivity contribution in [3.8, 4) is 0 Å². The summed E-state index contributed by atoms with van der Waals surface area (Å²) in [7, 11) is 0. The van der Waals surface area contributed by atoms with Gasteiger partial charge in [-0.25, -0.2) is 4.98 Å². The van der Waals surface area contributed by atoms with Gasteiger partial charge in [0.25, 0.3) is 0 Å². The topological polar surface area (TPSA) is 37.0 Å². The second-order valence-electron chi connectivity index (χ2n) is 4.91. The molecule has 1 aromatic rings. The van der Waals surface area contributed by atoms with Crippen LogP contribution >= 0.6 is 11.3 Å². The van der Waals surface area contributed by atoms with E-state index in [-0.39, 0.29) is 5.54 Å². The molecule has 2 N–H and O–H groups in total. The molecule has 1 aromatic heterocycles. The zero-order chi connectivity index (χ0) is 11.4. The molecule has 0 aliphatic carbocycles. The van der Waals surface area contributed by atoms with Gasteiger partial charge in [0, 0.05) is 23.5 Å². The lowest BCUT2D eigenvalue weighted by atomic mass is 9.91. The van der Waals surface area contributed by atoms with Gasteiger partial charge >= 0.3 is 0 Å². The van der Waals surface area contributed by atoms with E-state index < -0.39 is 0 Å². The summed E-state index contributed by atoms with van der Waals surface area (Å²) < 4.78 is 0. The SMILES string of the molecule is Cc1ncsc1CNCC1(C)CCCCN1. The van der Waals surface area contributed by atoms with Gasteiger partial charge in [-0.1, -0.05) is 6.42 Å². The Bertz CT molecular complexity index is 329. The minimum Gasteiger partial charge on any atom is -0.310 e.